The molecule has 128 valence electrons. The van der Waals surface area contributed by atoms with E-state index in [4.69, 9.17) is 23.2 Å². The number of anilines is 1. The first kappa shape index (κ1) is 17.8. The second kappa shape index (κ2) is 8.38. The molecular weight excluding hydrogens is 379 g/mol. The third-order valence-electron chi connectivity index (χ3n) is 3.28. The standard InChI is InChI=1S/C17H14Cl2N4OS/c18-13-7-4-8-14(19)16(13)21-15(24)9-10-25-17-20-11-23(22-17)12-5-2-1-3-6-12/h1-8,11H,9-10H2,(H,21,24). The van der Waals surface area contributed by atoms with Gasteiger partial charge >= 0.3 is 0 Å². The van der Waals surface area contributed by atoms with Crippen LogP contribution in [0.5, 0.6) is 0 Å². The van der Waals surface area contributed by atoms with Crippen molar-refractivity contribution in [2.75, 3.05) is 11.1 Å². The Balaban J connectivity index is 1.51. The number of hydrogen-bond donors (Lipinski definition) is 1. The zero-order valence-electron chi connectivity index (χ0n) is 13.0. The maximum absolute atomic E-state index is 12.0. The van der Waals surface area contributed by atoms with Gasteiger partial charge in [0.25, 0.3) is 0 Å². The third kappa shape index (κ3) is 4.75. The van der Waals surface area contributed by atoms with E-state index < -0.39 is 0 Å². The molecule has 2 aromatic carbocycles. The van der Waals surface area contributed by atoms with Crippen LogP contribution in [0.3, 0.4) is 0 Å². The van der Waals surface area contributed by atoms with Crippen LogP contribution in [0.2, 0.25) is 10.0 Å². The van der Waals surface area contributed by atoms with Crippen molar-refractivity contribution in [3.8, 4) is 5.69 Å². The van der Waals surface area contributed by atoms with E-state index in [2.05, 4.69) is 15.4 Å². The number of carbonyl (C=O) groups is 1. The van der Waals surface area contributed by atoms with E-state index in [1.807, 2.05) is 30.3 Å². The largest absolute Gasteiger partial charge is 0.324 e. The van der Waals surface area contributed by atoms with Gasteiger partial charge in [0.15, 0.2) is 0 Å². The zero-order chi connectivity index (χ0) is 17.6. The first-order valence-electron chi connectivity index (χ1n) is 7.47. The second-order valence-corrected chi connectivity index (χ2v) is 6.93. The van der Waals surface area contributed by atoms with Crippen LogP contribution in [-0.4, -0.2) is 26.4 Å². The van der Waals surface area contributed by atoms with Gasteiger partial charge < -0.3 is 5.32 Å². The van der Waals surface area contributed by atoms with Crippen molar-refractivity contribution in [1.29, 1.82) is 0 Å². The smallest absolute Gasteiger partial charge is 0.225 e. The SMILES string of the molecule is O=C(CCSc1ncn(-c2ccccc2)n1)Nc1c(Cl)cccc1Cl. The number of nitrogens with one attached hydrogen (secondary N) is 1. The normalized spacial score (nSPS) is 10.6. The molecule has 25 heavy (non-hydrogen) atoms. The fraction of sp³-hybridized carbons (Fsp3) is 0.118. The molecule has 0 aliphatic heterocycles. The predicted octanol–water partition coefficient (Wildman–Crippen LogP) is 4.70. The van der Waals surface area contributed by atoms with E-state index in [1.54, 1.807) is 29.2 Å². The quantitative estimate of drug-likeness (QED) is 0.617. The number of nitrogens with zero attached hydrogens (tertiary/aromatic N) is 3. The zero-order valence-corrected chi connectivity index (χ0v) is 15.4. The number of para-hydroxylation sites is 2. The molecule has 8 heteroatoms. The monoisotopic (exact) mass is 392 g/mol. The van der Waals surface area contributed by atoms with Gasteiger partial charge in [-0.15, -0.1) is 5.10 Å². The molecule has 0 spiro atoms. The van der Waals surface area contributed by atoms with Gasteiger partial charge in [0.05, 0.1) is 21.4 Å². The van der Waals surface area contributed by atoms with Crippen LogP contribution >= 0.6 is 35.0 Å². The summed E-state index contributed by atoms with van der Waals surface area (Å²) >= 11 is 13.5. The lowest BCUT2D eigenvalue weighted by atomic mass is 10.3. The highest BCUT2D eigenvalue weighted by molar-refractivity contribution is 7.99. The molecule has 1 amide bonds. The van der Waals surface area contributed by atoms with Gasteiger partial charge in [0, 0.05) is 12.2 Å². The van der Waals surface area contributed by atoms with Crippen molar-refractivity contribution in [3.63, 3.8) is 0 Å². The number of aromatic nitrogens is 3. The van der Waals surface area contributed by atoms with Crippen LogP contribution in [0, 0.1) is 0 Å². The maximum Gasteiger partial charge on any atom is 0.225 e. The molecule has 0 unspecified atom stereocenters. The molecule has 0 saturated carbocycles. The Morgan fingerprint density at radius 2 is 1.80 bits per heavy atom. The fourth-order valence-corrected chi connectivity index (χ4v) is 3.30. The minimum Gasteiger partial charge on any atom is -0.324 e. The van der Waals surface area contributed by atoms with Crippen molar-refractivity contribution < 1.29 is 4.79 Å². The minimum absolute atomic E-state index is 0.162. The van der Waals surface area contributed by atoms with Crippen molar-refractivity contribution >= 4 is 46.6 Å². The summed E-state index contributed by atoms with van der Waals surface area (Å²) in [5, 5.41) is 8.56. The van der Waals surface area contributed by atoms with Crippen LogP contribution in [0.25, 0.3) is 5.69 Å². The molecule has 1 heterocycles. The molecule has 0 fully saturated rings. The van der Waals surface area contributed by atoms with E-state index in [1.165, 1.54) is 11.8 Å². The molecule has 0 saturated heterocycles. The molecule has 3 aromatic rings. The van der Waals surface area contributed by atoms with Gasteiger partial charge in [-0.25, -0.2) is 9.67 Å². The van der Waals surface area contributed by atoms with E-state index in [0.717, 1.165) is 5.69 Å². The van der Waals surface area contributed by atoms with Crippen molar-refractivity contribution in [2.45, 2.75) is 11.6 Å². The molecule has 1 N–H and O–H groups in total. The summed E-state index contributed by atoms with van der Waals surface area (Å²) in [4.78, 5) is 16.3. The van der Waals surface area contributed by atoms with E-state index in [0.29, 0.717) is 33.1 Å². The Bertz CT molecular complexity index is 850. The molecule has 5 nitrogen and oxygen atoms in total. The Labute approximate surface area is 159 Å². The van der Waals surface area contributed by atoms with Crippen molar-refractivity contribution in [1.82, 2.24) is 14.8 Å². The Kier molecular flexibility index (Phi) is 5.96. The molecular formula is C17H14Cl2N4OS. The highest BCUT2D eigenvalue weighted by atomic mass is 35.5. The lowest BCUT2D eigenvalue weighted by molar-refractivity contribution is -0.115. The van der Waals surface area contributed by atoms with Gasteiger partial charge in [0.2, 0.25) is 11.1 Å². The summed E-state index contributed by atoms with van der Waals surface area (Å²) in [5.74, 6) is 0.386. The number of halogens is 2. The van der Waals surface area contributed by atoms with Crippen molar-refractivity contribution in [3.05, 3.63) is 64.9 Å². The summed E-state index contributed by atoms with van der Waals surface area (Å²) in [7, 11) is 0. The molecule has 3 rings (SSSR count). The van der Waals surface area contributed by atoms with Gasteiger partial charge in [0.1, 0.15) is 6.33 Å². The lowest BCUT2D eigenvalue weighted by Crippen LogP contribution is -2.13. The van der Waals surface area contributed by atoms with E-state index in [-0.39, 0.29) is 5.91 Å². The molecule has 0 aliphatic carbocycles. The van der Waals surface area contributed by atoms with E-state index >= 15 is 0 Å². The average Bonchev–Trinajstić information content (AvgIpc) is 3.08. The summed E-state index contributed by atoms with van der Waals surface area (Å²) < 4.78 is 1.70. The number of rotatable bonds is 6. The highest BCUT2D eigenvalue weighted by Gasteiger charge is 2.10. The summed E-state index contributed by atoms with van der Waals surface area (Å²) in [6, 6.07) is 14.8. The van der Waals surface area contributed by atoms with Crippen LogP contribution in [-0.2, 0) is 4.79 Å². The Hall–Kier alpha value is -2.02. The minimum atomic E-state index is -0.162. The predicted molar refractivity (Wildman–Crippen MR) is 102 cm³/mol. The lowest BCUT2D eigenvalue weighted by Gasteiger charge is -2.08. The topological polar surface area (TPSA) is 59.8 Å². The number of benzene rings is 2. The van der Waals surface area contributed by atoms with Crippen LogP contribution in [0.15, 0.2) is 60.0 Å². The summed E-state index contributed by atoms with van der Waals surface area (Å²) in [5.41, 5.74) is 1.38. The van der Waals surface area contributed by atoms with Crippen molar-refractivity contribution in [2.24, 2.45) is 0 Å². The summed E-state index contributed by atoms with van der Waals surface area (Å²) in [6.45, 7) is 0. The Morgan fingerprint density at radius 1 is 1.08 bits per heavy atom. The van der Waals surface area contributed by atoms with Crippen LogP contribution in [0.1, 0.15) is 6.42 Å². The maximum atomic E-state index is 12.0. The third-order valence-corrected chi connectivity index (χ3v) is 4.76. The molecule has 0 aliphatic rings. The first-order valence-corrected chi connectivity index (χ1v) is 9.21. The van der Waals surface area contributed by atoms with Gasteiger partial charge in [-0.1, -0.05) is 59.2 Å². The Morgan fingerprint density at radius 3 is 2.52 bits per heavy atom. The number of hydrogen-bond acceptors (Lipinski definition) is 4. The van der Waals surface area contributed by atoms with Gasteiger partial charge in [-0.2, -0.15) is 0 Å². The highest BCUT2D eigenvalue weighted by Crippen LogP contribution is 2.30. The molecule has 0 radical (unpaired) electrons. The number of thioether (sulfide) groups is 1. The fourth-order valence-electron chi connectivity index (χ4n) is 2.07. The molecule has 0 atom stereocenters. The molecule has 0 bridgehead atoms. The van der Waals surface area contributed by atoms with Crippen LogP contribution in [0.4, 0.5) is 5.69 Å². The first-order chi connectivity index (χ1) is 12.1. The van der Waals surface area contributed by atoms with Gasteiger partial charge in [-0.3, -0.25) is 4.79 Å². The van der Waals surface area contributed by atoms with Crippen LogP contribution < -0.4 is 5.32 Å². The molecule has 1 aromatic heterocycles. The van der Waals surface area contributed by atoms with E-state index in [9.17, 15) is 4.79 Å². The average molecular weight is 393 g/mol. The second-order valence-electron chi connectivity index (χ2n) is 5.05. The number of carbonyl (C=O) groups excluding carboxylic acids is 1. The van der Waals surface area contributed by atoms with Gasteiger partial charge in [-0.05, 0) is 24.3 Å². The summed E-state index contributed by atoms with van der Waals surface area (Å²) in [6.07, 6.45) is 1.95. The number of amides is 1.